The molecule has 0 aliphatic rings. The molecule has 0 fully saturated rings. The molecule has 13 heavy (non-hydrogen) atoms. The summed E-state index contributed by atoms with van der Waals surface area (Å²) in [4.78, 5) is 0. The average Bonchev–Trinajstić information content (AvgIpc) is 2.14. The molecular formula is C11H26N2. The molecule has 0 heterocycles. The highest BCUT2D eigenvalue weighted by molar-refractivity contribution is 4.53. The average molecular weight is 186 g/mol. The largest absolute Gasteiger partial charge is 0.245 e. The van der Waals surface area contributed by atoms with E-state index >= 15 is 0 Å². The van der Waals surface area contributed by atoms with E-state index in [1.165, 1.54) is 45.3 Å². The standard InChI is InChI=1S/C11H26N2/c1-5-8-11-12(4)13(9-6-2)10-7-3/h5-11H2,1-4H3. The molecule has 0 saturated carbocycles. The van der Waals surface area contributed by atoms with Crippen LogP contribution in [0.4, 0.5) is 0 Å². The summed E-state index contributed by atoms with van der Waals surface area (Å²) < 4.78 is 0. The van der Waals surface area contributed by atoms with Gasteiger partial charge in [0.1, 0.15) is 0 Å². The number of hydrazine groups is 1. The zero-order valence-electron chi connectivity index (χ0n) is 9.84. The summed E-state index contributed by atoms with van der Waals surface area (Å²) >= 11 is 0. The van der Waals surface area contributed by atoms with Crippen LogP contribution in [0.15, 0.2) is 0 Å². The molecular weight excluding hydrogens is 160 g/mol. The van der Waals surface area contributed by atoms with E-state index < -0.39 is 0 Å². The lowest BCUT2D eigenvalue weighted by Gasteiger charge is -2.31. The van der Waals surface area contributed by atoms with E-state index in [0.29, 0.717) is 0 Å². The number of rotatable bonds is 8. The second-order valence-electron chi connectivity index (χ2n) is 3.69. The van der Waals surface area contributed by atoms with E-state index in [1.807, 2.05) is 0 Å². The van der Waals surface area contributed by atoms with Crippen LogP contribution in [-0.2, 0) is 0 Å². The molecule has 0 atom stereocenters. The number of nitrogens with zero attached hydrogens (tertiary/aromatic N) is 2. The van der Waals surface area contributed by atoms with Gasteiger partial charge < -0.3 is 0 Å². The van der Waals surface area contributed by atoms with Gasteiger partial charge >= 0.3 is 0 Å². The van der Waals surface area contributed by atoms with Crippen molar-refractivity contribution in [2.75, 3.05) is 26.7 Å². The van der Waals surface area contributed by atoms with Gasteiger partial charge in [-0.3, -0.25) is 0 Å². The third-order valence-corrected chi connectivity index (χ3v) is 2.28. The maximum absolute atomic E-state index is 2.47. The summed E-state index contributed by atoms with van der Waals surface area (Å²) in [5.41, 5.74) is 0. The SMILES string of the molecule is CCCCN(C)N(CCC)CCC. The second-order valence-corrected chi connectivity index (χ2v) is 3.69. The topological polar surface area (TPSA) is 6.48 Å². The minimum absolute atomic E-state index is 1.20. The number of unbranched alkanes of at least 4 members (excludes halogenated alkanes) is 1. The quantitative estimate of drug-likeness (QED) is 0.538. The summed E-state index contributed by atoms with van der Waals surface area (Å²) in [7, 11) is 2.21. The van der Waals surface area contributed by atoms with Crippen molar-refractivity contribution in [1.82, 2.24) is 10.0 Å². The third kappa shape index (κ3) is 6.05. The highest BCUT2D eigenvalue weighted by Crippen LogP contribution is 2.00. The minimum atomic E-state index is 1.20. The Bertz CT molecular complexity index is 98.3. The maximum Gasteiger partial charge on any atom is 0.0130 e. The molecule has 0 bridgehead atoms. The first-order chi connectivity index (χ1) is 6.26. The fourth-order valence-electron chi connectivity index (χ4n) is 1.50. The van der Waals surface area contributed by atoms with Crippen molar-refractivity contribution in [3.05, 3.63) is 0 Å². The van der Waals surface area contributed by atoms with E-state index in [4.69, 9.17) is 0 Å². The summed E-state index contributed by atoms with van der Waals surface area (Å²) in [6.07, 6.45) is 5.09. The monoisotopic (exact) mass is 186 g/mol. The molecule has 0 saturated heterocycles. The van der Waals surface area contributed by atoms with Gasteiger partial charge in [-0.05, 0) is 19.3 Å². The van der Waals surface area contributed by atoms with Gasteiger partial charge in [0, 0.05) is 26.7 Å². The molecule has 0 aromatic heterocycles. The molecule has 0 N–H and O–H groups in total. The zero-order valence-corrected chi connectivity index (χ0v) is 9.84. The first-order valence-electron chi connectivity index (χ1n) is 5.72. The molecule has 0 amide bonds. The Kier molecular flexibility index (Phi) is 8.46. The van der Waals surface area contributed by atoms with Crippen LogP contribution in [0.3, 0.4) is 0 Å². The van der Waals surface area contributed by atoms with Crippen molar-refractivity contribution >= 4 is 0 Å². The van der Waals surface area contributed by atoms with Gasteiger partial charge in [-0.2, -0.15) is 0 Å². The van der Waals surface area contributed by atoms with Gasteiger partial charge in [-0.15, -0.1) is 0 Å². The normalized spacial score (nSPS) is 11.5. The van der Waals surface area contributed by atoms with Crippen molar-refractivity contribution in [3.8, 4) is 0 Å². The van der Waals surface area contributed by atoms with Crippen molar-refractivity contribution in [2.45, 2.75) is 46.5 Å². The van der Waals surface area contributed by atoms with Gasteiger partial charge in [-0.25, -0.2) is 10.0 Å². The Morgan fingerprint density at radius 2 is 1.31 bits per heavy atom. The summed E-state index contributed by atoms with van der Waals surface area (Å²) in [5.74, 6) is 0. The highest BCUT2D eigenvalue weighted by Gasteiger charge is 2.07. The van der Waals surface area contributed by atoms with Gasteiger partial charge in [-0.1, -0.05) is 27.2 Å². The highest BCUT2D eigenvalue weighted by atomic mass is 15.6. The number of hydrogen-bond acceptors (Lipinski definition) is 2. The lowest BCUT2D eigenvalue weighted by Crippen LogP contribution is -2.41. The molecule has 0 rings (SSSR count). The molecule has 80 valence electrons. The Labute approximate surface area is 83.9 Å². The molecule has 0 aromatic rings. The van der Waals surface area contributed by atoms with Crippen LogP contribution in [0.2, 0.25) is 0 Å². The van der Waals surface area contributed by atoms with Crippen LogP contribution in [0.25, 0.3) is 0 Å². The second kappa shape index (κ2) is 8.52. The van der Waals surface area contributed by atoms with Crippen molar-refractivity contribution in [1.29, 1.82) is 0 Å². The van der Waals surface area contributed by atoms with Crippen molar-refractivity contribution < 1.29 is 0 Å². The first-order valence-corrected chi connectivity index (χ1v) is 5.72. The minimum Gasteiger partial charge on any atom is -0.245 e. The van der Waals surface area contributed by atoms with E-state index in [1.54, 1.807) is 0 Å². The molecule has 0 unspecified atom stereocenters. The Hall–Kier alpha value is -0.0800. The lowest BCUT2D eigenvalue weighted by atomic mass is 10.3. The van der Waals surface area contributed by atoms with Crippen LogP contribution in [0.1, 0.15) is 46.5 Å². The Morgan fingerprint density at radius 1 is 0.769 bits per heavy atom. The van der Waals surface area contributed by atoms with Crippen LogP contribution in [0.5, 0.6) is 0 Å². The predicted octanol–water partition coefficient (Wildman–Crippen LogP) is 2.76. The van der Waals surface area contributed by atoms with Gasteiger partial charge in [0.05, 0.1) is 0 Å². The fraction of sp³-hybridized carbons (Fsp3) is 1.00. The smallest absolute Gasteiger partial charge is 0.0130 e. The van der Waals surface area contributed by atoms with Crippen molar-refractivity contribution in [3.63, 3.8) is 0 Å². The Morgan fingerprint density at radius 3 is 1.69 bits per heavy atom. The van der Waals surface area contributed by atoms with Gasteiger partial charge in [0.25, 0.3) is 0 Å². The zero-order chi connectivity index (χ0) is 10.1. The molecule has 2 heteroatoms. The van der Waals surface area contributed by atoms with Gasteiger partial charge in [0.2, 0.25) is 0 Å². The van der Waals surface area contributed by atoms with Crippen LogP contribution in [0, 0.1) is 0 Å². The lowest BCUT2D eigenvalue weighted by molar-refractivity contribution is -0.00139. The summed E-state index contributed by atoms with van der Waals surface area (Å²) in [6.45, 7) is 10.4. The molecule has 0 aliphatic heterocycles. The van der Waals surface area contributed by atoms with Crippen LogP contribution < -0.4 is 0 Å². The Balaban J connectivity index is 3.72. The van der Waals surface area contributed by atoms with Crippen LogP contribution >= 0.6 is 0 Å². The number of hydrogen-bond donors (Lipinski definition) is 0. The molecule has 0 radical (unpaired) electrons. The van der Waals surface area contributed by atoms with E-state index in [-0.39, 0.29) is 0 Å². The van der Waals surface area contributed by atoms with E-state index in [0.717, 1.165) is 0 Å². The van der Waals surface area contributed by atoms with Crippen molar-refractivity contribution in [2.24, 2.45) is 0 Å². The summed E-state index contributed by atoms with van der Waals surface area (Å²) in [6, 6.07) is 0. The van der Waals surface area contributed by atoms with Crippen LogP contribution in [-0.4, -0.2) is 36.7 Å². The van der Waals surface area contributed by atoms with E-state index in [2.05, 4.69) is 37.8 Å². The third-order valence-electron chi connectivity index (χ3n) is 2.28. The molecule has 0 aliphatic carbocycles. The molecule has 2 nitrogen and oxygen atoms in total. The fourth-order valence-corrected chi connectivity index (χ4v) is 1.50. The predicted molar refractivity (Wildman–Crippen MR) is 59.7 cm³/mol. The van der Waals surface area contributed by atoms with E-state index in [9.17, 15) is 0 Å². The summed E-state index contributed by atoms with van der Waals surface area (Å²) in [5, 5.41) is 4.85. The molecule has 0 aromatic carbocycles. The molecule has 0 spiro atoms. The van der Waals surface area contributed by atoms with Gasteiger partial charge in [0.15, 0.2) is 0 Å². The first kappa shape index (κ1) is 12.9. The maximum atomic E-state index is 2.47.